The SMILES string of the molecule is CCCCN(CCCC)CCCC[C@H](NC(=O)[C@@H](N)C(C)C)C(=O)O. The van der Waals surface area contributed by atoms with Gasteiger partial charge >= 0.3 is 5.97 Å². The summed E-state index contributed by atoms with van der Waals surface area (Å²) >= 11 is 0. The quantitative estimate of drug-likeness (QED) is 0.392. The van der Waals surface area contributed by atoms with E-state index in [1.807, 2.05) is 13.8 Å². The first-order valence-electron chi connectivity index (χ1n) is 9.84. The van der Waals surface area contributed by atoms with Crippen molar-refractivity contribution >= 4 is 11.9 Å². The fourth-order valence-electron chi connectivity index (χ4n) is 2.61. The highest BCUT2D eigenvalue weighted by atomic mass is 16.4. The molecule has 0 saturated carbocycles. The Morgan fingerprint density at radius 1 is 1.00 bits per heavy atom. The fourth-order valence-corrected chi connectivity index (χ4v) is 2.61. The molecule has 0 heterocycles. The standard InChI is InChI=1S/C19H39N3O3/c1-5-7-12-22(13-8-6-2)14-10-9-11-16(19(24)25)21-18(23)17(20)15(3)4/h15-17H,5-14,20H2,1-4H3,(H,21,23)(H,24,25)/t16-,17-/m0/s1. The molecular formula is C19H39N3O3. The van der Waals surface area contributed by atoms with E-state index < -0.39 is 18.1 Å². The van der Waals surface area contributed by atoms with Gasteiger partial charge in [0, 0.05) is 0 Å². The topological polar surface area (TPSA) is 95.7 Å². The smallest absolute Gasteiger partial charge is 0.326 e. The number of carbonyl (C=O) groups is 2. The molecule has 0 bridgehead atoms. The summed E-state index contributed by atoms with van der Waals surface area (Å²) in [6, 6.07) is -1.52. The van der Waals surface area contributed by atoms with Crippen molar-refractivity contribution in [1.82, 2.24) is 10.2 Å². The van der Waals surface area contributed by atoms with E-state index in [2.05, 4.69) is 24.1 Å². The van der Waals surface area contributed by atoms with Crippen molar-refractivity contribution in [2.24, 2.45) is 11.7 Å². The molecule has 4 N–H and O–H groups in total. The normalized spacial score (nSPS) is 13.9. The molecule has 0 aromatic heterocycles. The van der Waals surface area contributed by atoms with E-state index in [1.54, 1.807) is 0 Å². The van der Waals surface area contributed by atoms with Gasteiger partial charge in [0.15, 0.2) is 0 Å². The average Bonchev–Trinajstić information content (AvgIpc) is 2.57. The van der Waals surface area contributed by atoms with Crippen LogP contribution in [0.4, 0.5) is 0 Å². The van der Waals surface area contributed by atoms with E-state index in [-0.39, 0.29) is 11.8 Å². The Hall–Kier alpha value is -1.14. The van der Waals surface area contributed by atoms with Gasteiger partial charge in [0.25, 0.3) is 0 Å². The first-order chi connectivity index (χ1) is 11.8. The molecule has 2 atom stereocenters. The van der Waals surface area contributed by atoms with E-state index >= 15 is 0 Å². The molecule has 6 nitrogen and oxygen atoms in total. The van der Waals surface area contributed by atoms with Crippen LogP contribution in [0.1, 0.15) is 72.6 Å². The Kier molecular flexibility index (Phi) is 13.4. The fraction of sp³-hybridized carbons (Fsp3) is 0.895. The lowest BCUT2D eigenvalue weighted by atomic mass is 10.0. The van der Waals surface area contributed by atoms with Crippen molar-refractivity contribution in [2.45, 2.75) is 84.7 Å². The lowest BCUT2D eigenvalue weighted by molar-refractivity contribution is -0.142. The molecule has 148 valence electrons. The average molecular weight is 358 g/mol. The van der Waals surface area contributed by atoms with Crippen LogP contribution >= 0.6 is 0 Å². The summed E-state index contributed by atoms with van der Waals surface area (Å²) < 4.78 is 0. The highest BCUT2D eigenvalue weighted by Gasteiger charge is 2.24. The number of nitrogens with two attached hydrogens (primary N) is 1. The Balaban J connectivity index is 4.28. The molecule has 0 rings (SSSR count). The number of carboxylic acid groups (broad SMARTS) is 1. The van der Waals surface area contributed by atoms with E-state index in [0.29, 0.717) is 6.42 Å². The van der Waals surface area contributed by atoms with Gasteiger partial charge in [-0.3, -0.25) is 4.79 Å². The van der Waals surface area contributed by atoms with E-state index in [0.717, 1.165) is 32.5 Å². The van der Waals surface area contributed by atoms with Gasteiger partial charge < -0.3 is 21.1 Å². The Bertz CT molecular complexity index is 367. The van der Waals surface area contributed by atoms with Gasteiger partial charge in [0.05, 0.1) is 6.04 Å². The largest absolute Gasteiger partial charge is 0.480 e. The second-order valence-electron chi connectivity index (χ2n) is 7.21. The number of hydrogen-bond acceptors (Lipinski definition) is 4. The summed E-state index contributed by atoms with van der Waals surface area (Å²) in [5, 5.41) is 11.9. The van der Waals surface area contributed by atoms with Crippen LogP contribution in [0.25, 0.3) is 0 Å². The molecule has 0 radical (unpaired) electrons. The third-order valence-corrected chi connectivity index (χ3v) is 4.51. The van der Waals surface area contributed by atoms with Crippen molar-refractivity contribution in [3.63, 3.8) is 0 Å². The van der Waals surface area contributed by atoms with Gasteiger partial charge in [-0.15, -0.1) is 0 Å². The molecule has 0 saturated heterocycles. The van der Waals surface area contributed by atoms with Gasteiger partial charge in [-0.25, -0.2) is 4.79 Å². The van der Waals surface area contributed by atoms with Gasteiger partial charge in [0.1, 0.15) is 6.04 Å². The minimum absolute atomic E-state index is 0.0138. The summed E-state index contributed by atoms with van der Waals surface area (Å²) in [6.45, 7) is 11.3. The van der Waals surface area contributed by atoms with Crippen molar-refractivity contribution in [3.8, 4) is 0 Å². The summed E-state index contributed by atoms with van der Waals surface area (Å²) in [5.74, 6) is -1.38. The third-order valence-electron chi connectivity index (χ3n) is 4.51. The number of amides is 1. The second kappa shape index (κ2) is 14.1. The van der Waals surface area contributed by atoms with Crippen molar-refractivity contribution in [1.29, 1.82) is 0 Å². The van der Waals surface area contributed by atoms with E-state index in [1.165, 1.54) is 25.7 Å². The summed E-state index contributed by atoms with van der Waals surface area (Å²) in [7, 11) is 0. The lowest BCUT2D eigenvalue weighted by Gasteiger charge is -2.23. The van der Waals surface area contributed by atoms with Gasteiger partial charge in [-0.1, -0.05) is 40.5 Å². The van der Waals surface area contributed by atoms with Crippen LogP contribution in [0, 0.1) is 5.92 Å². The predicted octanol–water partition coefficient (Wildman–Crippen LogP) is 2.61. The molecule has 1 amide bonds. The molecule has 0 aliphatic heterocycles. The Morgan fingerprint density at radius 3 is 1.96 bits per heavy atom. The van der Waals surface area contributed by atoms with Crippen LogP contribution in [0.5, 0.6) is 0 Å². The maximum Gasteiger partial charge on any atom is 0.326 e. The number of aliphatic carboxylic acids is 1. The second-order valence-corrected chi connectivity index (χ2v) is 7.21. The zero-order valence-electron chi connectivity index (χ0n) is 16.6. The number of nitrogens with one attached hydrogen (secondary N) is 1. The zero-order valence-corrected chi connectivity index (χ0v) is 16.6. The number of rotatable bonds is 15. The molecule has 0 aromatic rings. The monoisotopic (exact) mass is 357 g/mol. The van der Waals surface area contributed by atoms with E-state index in [4.69, 9.17) is 5.73 Å². The lowest BCUT2D eigenvalue weighted by Crippen LogP contribution is -2.50. The number of carbonyl (C=O) groups excluding carboxylic acids is 1. The molecule has 0 aliphatic rings. The van der Waals surface area contributed by atoms with Crippen LogP contribution in [0.3, 0.4) is 0 Å². The van der Waals surface area contributed by atoms with Crippen LogP contribution in [-0.4, -0.2) is 53.6 Å². The Morgan fingerprint density at radius 2 is 1.52 bits per heavy atom. The third kappa shape index (κ3) is 11.2. The highest BCUT2D eigenvalue weighted by molar-refractivity contribution is 5.86. The van der Waals surface area contributed by atoms with Crippen molar-refractivity contribution < 1.29 is 14.7 Å². The van der Waals surface area contributed by atoms with Crippen LogP contribution in [0.15, 0.2) is 0 Å². The maximum atomic E-state index is 12.0. The minimum Gasteiger partial charge on any atom is -0.480 e. The molecule has 0 aliphatic carbocycles. The molecular weight excluding hydrogens is 318 g/mol. The summed E-state index contributed by atoms with van der Waals surface area (Å²) in [4.78, 5) is 25.8. The Labute approximate surface area is 153 Å². The molecule has 25 heavy (non-hydrogen) atoms. The molecule has 0 fully saturated rings. The number of nitrogens with zero attached hydrogens (tertiary/aromatic N) is 1. The van der Waals surface area contributed by atoms with Crippen LogP contribution < -0.4 is 11.1 Å². The first kappa shape index (κ1) is 23.9. The molecule has 6 heteroatoms. The zero-order chi connectivity index (χ0) is 19.2. The van der Waals surface area contributed by atoms with Crippen molar-refractivity contribution in [2.75, 3.05) is 19.6 Å². The van der Waals surface area contributed by atoms with Crippen LogP contribution in [-0.2, 0) is 9.59 Å². The van der Waals surface area contributed by atoms with E-state index in [9.17, 15) is 14.7 Å². The number of hydrogen-bond donors (Lipinski definition) is 3. The molecule has 0 unspecified atom stereocenters. The maximum absolute atomic E-state index is 12.0. The van der Waals surface area contributed by atoms with Crippen LogP contribution in [0.2, 0.25) is 0 Å². The number of unbranched alkanes of at least 4 members (excludes halogenated alkanes) is 3. The predicted molar refractivity (Wildman–Crippen MR) is 102 cm³/mol. The van der Waals surface area contributed by atoms with Gasteiger partial charge in [-0.2, -0.15) is 0 Å². The minimum atomic E-state index is -0.988. The number of carboxylic acids is 1. The molecule has 0 aromatic carbocycles. The first-order valence-corrected chi connectivity index (χ1v) is 9.84. The van der Waals surface area contributed by atoms with Crippen molar-refractivity contribution in [3.05, 3.63) is 0 Å². The summed E-state index contributed by atoms with van der Waals surface area (Å²) in [5.41, 5.74) is 5.78. The van der Waals surface area contributed by atoms with Gasteiger partial charge in [0.2, 0.25) is 5.91 Å². The van der Waals surface area contributed by atoms with Gasteiger partial charge in [-0.05, 0) is 57.7 Å². The summed E-state index contributed by atoms with van der Waals surface area (Å²) in [6.07, 6.45) is 6.94. The highest BCUT2D eigenvalue weighted by Crippen LogP contribution is 2.07. The molecule has 0 spiro atoms.